The largest absolute Gasteiger partial charge is 0.467 e. The van der Waals surface area contributed by atoms with Gasteiger partial charge in [0.2, 0.25) is 5.91 Å². The Morgan fingerprint density at radius 3 is 2.60 bits per heavy atom. The number of alkyl halides is 3. The first kappa shape index (κ1) is 16.6. The summed E-state index contributed by atoms with van der Waals surface area (Å²) in [4.78, 5) is 11.3. The maximum Gasteiger partial charge on any atom is 0.397 e. The molecule has 7 heteroatoms. The number of carbonyl (C=O) groups excluding carboxylic acids is 1. The van der Waals surface area contributed by atoms with E-state index in [-0.39, 0.29) is 12.5 Å². The van der Waals surface area contributed by atoms with Crippen LogP contribution in [0.2, 0.25) is 0 Å². The molecule has 0 aliphatic heterocycles. The fourth-order valence-corrected chi connectivity index (χ4v) is 1.53. The van der Waals surface area contributed by atoms with Gasteiger partial charge in [0.15, 0.2) is 0 Å². The zero-order valence-corrected chi connectivity index (χ0v) is 11.4. The number of amides is 1. The molecule has 1 N–H and O–H groups in total. The van der Waals surface area contributed by atoms with Gasteiger partial charge in [0, 0.05) is 6.61 Å². The molecule has 0 aromatic carbocycles. The van der Waals surface area contributed by atoms with E-state index in [1.165, 1.54) is 6.26 Å². The van der Waals surface area contributed by atoms with Gasteiger partial charge in [-0.25, -0.2) is 0 Å². The number of hydrogen-bond acceptors (Lipinski definition) is 3. The van der Waals surface area contributed by atoms with Crippen molar-refractivity contribution >= 4 is 5.91 Å². The molecule has 4 nitrogen and oxygen atoms in total. The van der Waals surface area contributed by atoms with Gasteiger partial charge in [0.1, 0.15) is 18.2 Å². The molecular weight excluding hydrogens is 275 g/mol. The van der Waals surface area contributed by atoms with Crippen LogP contribution in [0.25, 0.3) is 0 Å². The first-order chi connectivity index (χ1) is 9.28. The van der Waals surface area contributed by atoms with Crippen LogP contribution in [0.3, 0.4) is 0 Å². The fourth-order valence-electron chi connectivity index (χ4n) is 1.53. The predicted molar refractivity (Wildman–Crippen MR) is 65.9 cm³/mol. The van der Waals surface area contributed by atoms with Crippen LogP contribution in [0.4, 0.5) is 13.2 Å². The lowest BCUT2D eigenvalue weighted by Crippen LogP contribution is -2.34. The van der Waals surface area contributed by atoms with Gasteiger partial charge < -0.3 is 14.5 Å². The van der Waals surface area contributed by atoms with Crippen molar-refractivity contribution in [2.45, 2.75) is 32.5 Å². The fraction of sp³-hybridized carbons (Fsp3) is 0.615. The average molecular weight is 293 g/mol. The van der Waals surface area contributed by atoms with E-state index in [9.17, 15) is 18.0 Å². The van der Waals surface area contributed by atoms with Crippen LogP contribution < -0.4 is 5.32 Å². The highest BCUT2D eigenvalue weighted by atomic mass is 19.4. The van der Waals surface area contributed by atoms with Crippen molar-refractivity contribution in [2.75, 3.05) is 13.2 Å². The summed E-state index contributed by atoms with van der Waals surface area (Å²) < 4.78 is 46.9. The Labute approximate surface area is 115 Å². The molecule has 1 heterocycles. The topological polar surface area (TPSA) is 51.5 Å². The standard InChI is InChI=1S/C13H18F3NO3/c1-9(2)7-19-8-10(11-4-3-5-20-11)17-12(18)6-13(14,15)16/h3-5,9-10H,6-8H2,1-2H3,(H,17,18)/t10-/m1/s1. The van der Waals surface area contributed by atoms with Crippen molar-refractivity contribution in [3.05, 3.63) is 24.2 Å². The second kappa shape index (κ2) is 7.33. The molecule has 1 aromatic rings. The molecule has 0 saturated heterocycles. The molecule has 1 amide bonds. The van der Waals surface area contributed by atoms with Crippen LogP contribution >= 0.6 is 0 Å². The average Bonchev–Trinajstić information content (AvgIpc) is 2.77. The first-order valence-corrected chi connectivity index (χ1v) is 6.25. The van der Waals surface area contributed by atoms with Crippen LogP contribution in [0.15, 0.2) is 22.8 Å². The molecule has 114 valence electrons. The van der Waals surface area contributed by atoms with E-state index in [4.69, 9.17) is 9.15 Å². The molecule has 0 unspecified atom stereocenters. The van der Waals surface area contributed by atoms with Crippen molar-refractivity contribution in [1.82, 2.24) is 5.32 Å². The Kier molecular flexibility index (Phi) is 6.06. The molecule has 0 saturated carbocycles. The smallest absolute Gasteiger partial charge is 0.397 e. The van der Waals surface area contributed by atoms with E-state index in [2.05, 4.69) is 5.32 Å². The molecule has 0 spiro atoms. The lowest BCUT2D eigenvalue weighted by atomic mass is 10.2. The number of hydrogen-bond donors (Lipinski definition) is 1. The molecule has 0 aliphatic carbocycles. The minimum Gasteiger partial charge on any atom is -0.467 e. The number of halogens is 3. The van der Waals surface area contributed by atoms with Crippen molar-refractivity contribution in [1.29, 1.82) is 0 Å². The zero-order chi connectivity index (χ0) is 15.2. The maximum atomic E-state index is 12.1. The second-order valence-corrected chi connectivity index (χ2v) is 4.86. The highest BCUT2D eigenvalue weighted by Crippen LogP contribution is 2.21. The van der Waals surface area contributed by atoms with Gasteiger partial charge >= 0.3 is 6.18 Å². The molecule has 0 aliphatic rings. The highest BCUT2D eigenvalue weighted by molar-refractivity contribution is 5.77. The lowest BCUT2D eigenvalue weighted by molar-refractivity contribution is -0.154. The monoisotopic (exact) mass is 293 g/mol. The van der Waals surface area contributed by atoms with Gasteiger partial charge in [-0.1, -0.05) is 13.8 Å². The summed E-state index contributed by atoms with van der Waals surface area (Å²) >= 11 is 0. The SMILES string of the molecule is CC(C)COC[C@@H](NC(=O)CC(F)(F)F)c1ccco1. The zero-order valence-electron chi connectivity index (χ0n) is 11.4. The summed E-state index contributed by atoms with van der Waals surface area (Å²) in [7, 11) is 0. The summed E-state index contributed by atoms with van der Waals surface area (Å²) in [5.74, 6) is -0.450. The molecular formula is C13H18F3NO3. The Bertz CT molecular complexity index is 401. The third-order valence-corrected chi connectivity index (χ3v) is 2.32. The molecule has 1 aromatic heterocycles. The minimum atomic E-state index is -4.53. The number of furan rings is 1. The van der Waals surface area contributed by atoms with Crippen LogP contribution in [0, 0.1) is 5.92 Å². The molecule has 0 bridgehead atoms. The van der Waals surface area contributed by atoms with E-state index in [1.807, 2.05) is 13.8 Å². The summed E-state index contributed by atoms with van der Waals surface area (Å²) in [6, 6.07) is 2.46. The number of nitrogens with one attached hydrogen (secondary N) is 1. The normalized spacial score (nSPS) is 13.5. The number of ether oxygens (including phenoxy) is 1. The lowest BCUT2D eigenvalue weighted by Gasteiger charge is -2.18. The van der Waals surface area contributed by atoms with Crippen molar-refractivity contribution < 1.29 is 27.1 Å². The summed E-state index contributed by atoms with van der Waals surface area (Å²) in [6.45, 7) is 4.41. The van der Waals surface area contributed by atoms with E-state index in [0.717, 1.165) is 0 Å². The highest BCUT2D eigenvalue weighted by Gasteiger charge is 2.32. The summed E-state index contributed by atoms with van der Waals surface area (Å²) in [5, 5.41) is 2.27. The van der Waals surface area contributed by atoms with Crippen LogP contribution in [-0.4, -0.2) is 25.3 Å². The van der Waals surface area contributed by atoms with E-state index in [0.29, 0.717) is 12.4 Å². The maximum absolute atomic E-state index is 12.1. The van der Waals surface area contributed by atoms with Gasteiger partial charge in [0.05, 0.1) is 12.9 Å². The van der Waals surface area contributed by atoms with Crippen LogP contribution in [0.5, 0.6) is 0 Å². The quantitative estimate of drug-likeness (QED) is 0.840. The third kappa shape index (κ3) is 6.60. The van der Waals surface area contributed by atoms with Gasteiger partial charge in [-0.05, 0) is 18.1 Å². The third-order valence-electron chi connectivity index (χ3n) is 2.32. The van der Waals surface area contributed by atoms with Gasteiger partial charge in [0.25, 0.3) is 0 Å². The number of carbonyl (C=O) groups is 1. The minimum absolute atomic E-state index is 0.0648. The van der Waals surface area contributed by atoms with E-state index >= 15 is 0 Å². The number of rotatable bonds is 7. The molecule has 0 radical (unpaired) electrons. The Hall–Kier alpha value is -1.50. The molecule has 0 fully saturated rings. The Morgan fingerprint density at radius 1 is 1.40 bits per heavy atom. The predicted octanol–water partition coefficient (Wildman–Crippen LogP) is 3.06. The second-order valence-electron chi connectivity index (χ2n) is 4.86. The van der Waals surface area contributed by atoms with Crippen LogP contribution in [-0.2, 0) is 9.53 Å². The van der Waals surface area contributed by atoms with Gasteiger partial charge in [-0.15, -0.1) is 0 Å². The molecule has 1 atom stereocenters. The summed E-state index contributed by atoms with van der Waals surface area (Å²) in [5.41, 5.74) is 0. The van der Waals surface area contributed by atoms with Crippen molar-refractivity contribution in [3.63, 3.8) is 0 Å². The van der Waals surface area contributed by atoms with Crippen molar-refractivity contribution in [3.8, 4) is 0 Å². The Morgan fingerprint density at radius 2 is 2.10 bits per heavy atom. The van der Waals surface area contributed by atoms with Crippen molar-refractivity contribution in [2.24, 2.45) is 5.92 Å². The molecule has 20 heavy (non-hydrogen) atoms. The van der Waals surface area contributed by atoms with Gasteiger partial charge in [-0.2, -0.15) is 13.2 Å². The Balaban J connectivity index is 2.57. The summed E-state index contributed by atoms with van der Waals surface area (Å²) in [6.07, 6.45) is -4.66. The molecule has 1 rings (SSSR count). The van der Waals surface area contributed by atoms with E-state index in [1.54, 1.807) is 12.1 Å². The first-order valence-electron chi connectivity index (χ1n) is 6.25. The van der Waals surface area contributed by atoms with Crippen LogP contribution in [0.1, 0.15) is 32.1 Å². The van der Waals surface area contributed by atoms with E-state index < -0.39 is 24.5 Å². The van der Waals surface area contributed by atoms with Gasteiger partial charge in [-0.3, -0.25) is 4.79 Å².